The van der Waals surface area contributed by atoms with Crippen LogP contribution in [-0.2, 0) is 4.74 Å². The van der Waals surface area contributed by atoms with Crippen molar-refractivity contribution in [2.45, 2.75) is 27.7 Å². The van der Waals surface area contributed by atoms with Crippen LogP contribution >= 0.6 is 0 Å². The molecule has 0 unspecified atom stereocenters. The monoisotopic (exact) mass is 195 g/mol. The van der Waals surface area contributed by atoms with E-state index in [1.54, 1.807) is 6.07 Å². The predicted molar refractivity (Wildman–Crippen MR) is 56.4 cm³/mol. The van der Waals surface area contributed by atoms with Gasteiger partial charge in [0.25, 0.3) is 0 Å². The second-order valence-corrected chi connectivity index (χ2v) is 2.62. The third-order valence-electron chi connectivity index (χ3n) is 1.76. The van der Waals surface area contributed by atoms with Crippen LogP contribution < -0.4 is 0 Å². The van der Waals surface area contributed by atoms with Gasteiger partial charge in [-0.25, -0.2) is 4.79 Å². The Kier molecular flexibility index (Phi) is 5.53. The SMILES string of the molecule is CC.COC(=O)c1cnc(C)c(C)c1. The summed E-state index contributed by atoms with van der Waals surface area (Å²) in [5, 5.41) is 0. The number of hydrogen-bond donors (Lipinski definition) is 0. The van der Waals surface area contributed by atoms with Crippen LogP contribution in [0.5, 0.6) is 0 Å². The highest BCUT2D eigenvalue weighted by molar-refractivity contribution is 5.89. The van der Waals surface area contributed by atoms with Crippen LogP contribution in [-0.4, -0.2) is 18.1 Å². The standard InChI is InChI=1S/C9H11NO2.C2H6/c1-6-4-8(9(11)12-3)5-10-7(6)2;1-2/h4-5H,1-3H3;1-2H3. The third-order valence-corrected chi connectivity index (χ3v) is 1.76. The largest absolute Gasteiger partial charge is 0.465 e. The van der Waals surface area contributed by atoms with Crippen molar-refractivity contribution in [3.8, 4) is 0 Å². The maximum atomic E-state index is 11.0. The third kappa shape index (κ3) is 3.17. The van der Waals surface area contributed by atoms with E-state index in [1.807, 2.05) is 27.7 Å². The van der Waals surface area contributed by atoms with Crippen molar-refractivity contribution in [1.82, 2.24) is 4.98 Å². The Balaban J connectivity index is 0.000000791. The van der Waals surface area contributed by atoms with Crippen molar-refractivity contribution in [2.24, 2.45) is 0 Å². The first kappa shape index (κ1) is 12.6. The van der Waals surface area contributed by atoms with Gasteiger partial charge in [0.2, 0.25) is 0 Å². The molecule has 0 saturated carbocycles. The summed E-state index contributed by atoms with van der Waals surface area (Å²) in [6.45, 7) is 7.81. The second-order valence-electron chi connectivity index (χ2n) is 2.62. The molecule has 0 radical (unpaired) electrons. The number of nitrogens with zero attached hydrogens (tertiary/aromatic N) is 1. The molecule has 0 aromatic carbocycles. The Labute approximate surface area is 85.1 Å². The molecule has 3 nitrogen and oxygen atoms in total. The highest BCUT2D eigenvalue weighted by Gasteiger charge is 2.05. The van der Waals surface area contributed by atoms with Crippen molar-refractivity contribution >= 4 is 5.97 Å². The van der Waals surface area contributed by atoms with Gasteiger partial charge in [0.15, 0.2) is 0 Å². The van der Waals surface area contributed by atoms with Crippen LogP contribution in [0.1, 0.15) is 35.5 Å². The highest BCUT2D eigenvalue weighted by Crippen LogP contribution is 2.06. The van der Waals surface area contributed by atoms with Crippen molar-refractivity contribution in [1.29, 1.82) is 0 Å². The fourth-order valence-electron chi connectivity index (χ4n) is 0.873. The minimum absolute atomic E-state index is 0.342. The summed E-state index contributed by atoms with van der Waals surface area (Å²) in [7, 11) is 1.36. The molecule has 1 aromatic heterocycles. The van der Waals surface area contributed by atoms with Crippen molar-refractivity contribution < 1.29 is 9.53 Å². The molecule has 1 heterocycles. The van der Waals surface area contributed by atoms with E-state index in [4.69, 9.17) is 0 Å². The zero-order valence-corrected chi connectivity index (χ0v) is 9.42. The zero-order valence-electron chi connectivity index (χ0n) is 9.42. The molecule has 0 bridgehead atoms. The summed E-state index contributed by atoms with van der Waals surface area (Å²) in [6.07, 6.45) is 1.52. The number of rotatable bonds is 1. The van der Waals surface area contributed by atoms with Gasteiger partial charge in [-0.3, -0.25) is 4.98 Å². The van der Waals surface area contributed by atoms with E-state index >= 15 is 0 Å². The first-order chi connectivity index (χ1) is 6.65. The lowest BCUT2D eigenvalue weighted by atomic mass is 10.2. The van der Waals surface area contributed by atoms with Gasteiger partial charge in [0, 0.05) is 11.9 Å². The molecule has 0 aliphatic heterocycles. The van der Waals surface area contributed by atoms with Crippen LogP contribution in [0.3, 0.4) is 0 Å². The van der Waals surface area contributed by atoms with Gasteiger partial charge in [-0.15, -0.1) is 0 Å². The fraction of sp³-hybridized carbons (Fsp3) is 0.455. The minimum atomic E-state index is -0.342. The summed E-state index contributed by atoms with van der Waals surface area (Å²) in [5.41, 5.74) is 2.43. The Morgan fingerprint density at radius 2 is 1.93 bits per heavy atom. The number of esters is 1. The number of methoxy groups -OCH3 is 1. The normalized spacial score (nSPS) is 8.64. The topological polar surface area (TPSA) is 39.2 Å². The van der Waals surface area contributed by atoms with Crippen molar-refractivity contribution in [3.63, 3.8) is 0 Å². The van der Waals surface area contributed by atoms with Crippen LogP contribution in [0.25, 0.3) is 0 Å². The zero-order chi connectivity index (χ0) is 11.1. The number of carbonyl (C=O) groups excluding carboxylic acids is 1. The first-order valence-electron chi connectivity index (χ1n) is 4.66. The van der Waals surface area contributed by atoms with Crippen LogP contribution in [0, 0.1) is 13.8 Å². The number of ether oxygens (including phenoxy) is 1. The Hall–Kier alpha value is -1.38. The minimum Gasteiger partial charge on any atom is -0.465 e. The second kappa shape index (κ2) is 6.13. The molecule has 0 aliphatic carbocycles. The molecule has 0 saturated heterocycles. The molecule has 0 amide bonds. The summed E-state index contributed by atoms with van der Waals surface area (Å²) in [5.74, 6) is -0.342. The lowest BCUT2D eigenvalue weighted by Crippen LogP contribution is -2.03. The maximum absolute atomic E-state index is 11.0. The molecule has 1 rings (SSSR count). The lowest BCUT2D eigenvalue weighted by Gasteiger charge is -2.01. The smallest absolute Gasteiger partial charge is 0.339 e. The van der Waals surface area contributed by atoms with E-state index in [2.05, 4.69) is 9.72 Å². The fourth-order valence-corrected chi connectivity index (χ4v) is 0.873. The Morgan fingerprint density at radius 1 is 1.36 bits per heavy atom. The summed E-state index contributed by atoms with van der Waals surface area (Å²) in [4.78, 5) is 15.1. The van der Waals surface area contributed by atoms with Gasteiger partial charge in [0.1, 0.15) is 0 Å². The molecule has 0 aliphatic rings. The molecular weight excluding hydrogens is 178 g/mol. The molecule has 1 aromatic rings. The summed E-state index contributed by atoms with van der Waals surface area (Å²) < 4.78 is 4.55. The van der Waals surface area contributed by atoms with Crippen LogP contribution in [0.15, 0.2) is 12.3 Å². The lowest BCUT2D eigenvalue weighted by molar-refractivity contribution is 0.0600. The molecular formula is C11H17NO2. The van der Waals surface area contributed by atoms with E-state index in [0.29, 0.717) is 5.56 Å². The van der Waals surface area contributed by atoms with Gasteiger partial charge in [-0.1, -0.05) is 13.8 Å². The van der Waals surface area contributed by atoms with E-state index < -0.39 is 0 Å². The number of aryl methyl sites for hydroxylation is 2. The molecule has 14 heavy (non-hydrogen) atoms. The first-order valence-corrected chi connectivity index (χ1v) is 4.66. The van der Waals surface area contributed by atoms with Gasteiger partial charge >= 0.3 is 5.97 Å². The number of carbonyl (C=O) groups is 1. The van der Waals surface area contributed by atoms with Gasteiger partial charge in [-0.05, 0) is 25.5 Å². The molecule has 3 heteroatoms. The van der Waals surface area contributed by atoms with Crippen molar-refractivity contribution in [3.05, 3.63) is 29.1 Å². The summed E-state index contributed by atoms with van der Waals surface area (Å²) in [6, 6.07) is 1.77. The molecule has 0 spiro atoms. The van der Waals surface area contributed by atoms with Gasteiger partial charge in [-0.2, -0.15) is 0 Å². The van der Waals surface area contributed by atoms with Crippen molar-refractivity contribution in [2.75, 3.05) is 7.11 Å². The van der Waals surface area contributed by atoms with E-state index in [9.17, 15) is 4.79 Å². The molecule has 78 valence electrons. The number of aromatic nitrogens is 1. The van der Waals surface area contributed by atoms with Crippen LogP contribution in [0.2, 0.25) is 0 Å². The van der Waals surface area contributed by atoms with Gasteiger partial charge in [0.05, 0.1) is 12.7 Å². The van der Waals surface area contributed by atoms with E-state index in [-0.39, 0.29) is 5.97 Å². The van der Waals surface area contributed by atoms with E-state index in [0.717, 1.165) is 11.3 Å². The van der Waals surface area contributed by atoms with Crippen LogP contribution in [0.4, 0.5) is 0 Å². The number of pyridine rings is 1. The maximum Gasteiger partial charge on any atom is 0.339 e. The Bertz CT molecular complexity index is 308. The van der Waals surface area contributed by atoms with Gasteiger partial charge < -0.3 is 4.74 Å². The molecule has 0 N–H and O–H groups in total. The highest BCUT2D eigenvalue weighted by atomic mass is 16.5. The molecule has 0 fully saturated rings. The number of hydrogen-bond acceptors (Lipinski definition) is 3. The van der Waals surface area contributed by atoms with E-state index in [1.165, 1.54) is 13.3 Å². The molecule has 0 atom stereocenters. The predicted octanol–water partition coefficient (Wildman–Crippen LogP) is 2.51. The average molecular weight is 195 g/mol. The summed E-state index contributed by atoms with van der Waals surface area (Å²) >= 11 is 0. The average Bonchev–Trinajstić information content (AvgIpc) is 2.24. The quantitative estimate of drug-likeness (QED) is 0.646. The Morgan fingerprint density at radius 3 is 2.36 bits per heavy atom.